The molecule has 17 heavy (non-hydrogen) atoms. The van der Waals surface area contributed by atoms with Crippen LogP contribution in [0.25, 0.3) is 0 Å². The lowest BCUT2D eigenvalue weighted by Crippen LogP contribution is -2.49. The fourth-order valence-electron chi connectivity index (χ4n) is 3.49. The van der Waals surface area contributed by atoms with Gasteiger partial charge in [0, 0.05) is 12.1 Å². The third-order valence-electron chi connectivity index (χ3n) is 4.97. The van der Waals surface area contributed by atoms with Gasteiger partial charge in [-0.05, 0) is 71.6 Å². The van der Waals surface area contributed by atoms with Gasteiger partial charge in [0.1, 0.15) is 0 Å². The van der Waals surface area contributed by atoms with Crippen molar-refractivity contribution < 1.29 is 0 Å². The van der Waals surface area contributed by atoms with E-state index in [0.717, 1.165) is 18.0 Å². The van der Waals surface area contributed by atoms with Gasteiger partial charge < -0.3 is 9.80 Å². The number of hydrogen-bond donors (Lipinski definition) is 0. The van der Waals surface area contributed by atoms with E-state index in [1.165, 1.54) is 58.3 Å². The van der Waals surface area contributed by atoms with Crippen molar-refractivity contribution in [3.05, 3.63) is 0 Å². The summed E-state index contributed by atoms with van der Waals surface area (Å²) in [7, 11) is 0. The Morgan fingerprint density at radius 2 is 1.53 bits per heavy atom. The van der Waals surface area contributed by atoms with Crippen molar-refractivity contribution in [2.24, 2.45) is 5.92 Å². The lowest BCUT2D eigenvalue weighted by Gasteiger charge is -2.42. The molecule has 0 aromatic rings. The van der Waals surface area contributed by atoms with Gasteiger partial charge in [0.05, 0.1) is 0 Å². The quantitative estimate of drug-likeness (QED) is 0.746. The molecule has 2 heterocycles. The van der Waals surface area contributed by atoms with E-state index in [9.17, 15) is 0 Å². The van der Waals surface area contributed by atoms with Gasteiger partial charge in [-0.1, -0.05) is 13.3 Å². The molecule has 0 aromatic heterocycles. The largest absolute Gasteiger partial charge is 0.301 e. The van der Waals surface area contributed by atoms with Crippen molar-refractivity contribution in [2.45, 2.75) is 65.0 Å². The summed E-state index contributed by atoms with van der Waals surface area (Å²) in [6, 6.07) is 1.63. The van der Waals surface area contributed by atoms with Crippen molar-refractivity contribution in [2.75, 3.05) is 26.2 Å². The number of nitrogens with zero attached hydrogens (tertiary/aromatic N) is 2. The molecule has 0 atom stereocenters. The monoisotopic (exact) mass is 238 g/mol. The Balaban J connectivity index is 1.74. The second kappa shape index (κ2) is 6.19. The highest BCUT2D eigenvalue weighted by Crippen LogP contribution is 2.25. The fraction of sp³-hybridized carbons (Fsp3) is 1.00. The van der Waals surface area contributed by atoms with E-state index < -0.39 is 0 Å². The molecule has 0 N–H and O–H groups in total. The van der Waals surface area contributed by atoms with Crippen molar-refractivity contribution in [1.29, 1.82) is 0 Å². The Morgan fingerprint density at radius 1 is 0.941 bits per heavy atom. The maximum atomic E-state index is 2.78. The third-order valence-corrected chi connectivity index (χ3v) is 4.97. The van der Waals surface area contributed by atoms with E-state index in [0.29, 0.717) is 0 Å². The van der Waals surface area contributed by atoms with Crippen LogP contribution < -0.4 is 0 Å². The summed E-state index contributed by atoms with van der Waals surface area (Å²) in [4.78, 5) is 5.42. The van der Waals surface area contributed by atoms with Crippen molar-refractivity contribution in [1.82, 2.24) is 9.80 Å². The first kappa shape index (κ1) is 13.4. The third kappa shape index (κ3) is 3.45. The number of hydrogen-bond acceptors (Lipinski definition) is 2. The predicted octanol–water partition coefficient (Wildman–Crippen LogP) is 2.98. The summed E-state index contributed by atoms with van der Waals surface area (Å²) in [5.41, 5.74) is 0. The van der Waals surface area contributed by atoms with Crippen LogP contribution in [0.5, 0.6) is 0 Å². The van der Waals surface area contributed by atoms with Crippen LogP contribution in [0, 0.1) is 5.92 Å². The van der Waals surface area contributed by atoms with Crippen molar-refractivity contribution in [3.8, 4) is 0 Å². The van der Waals surface area contributed by atoms with Crippen LogP contribution >= 0.6 is 0 Å². The summed E-state index contributed by atoms with van der Waals surface area (Å²) >= 11 is 0. The molecule has 2 aliphatic heterocycles. The molecule has 2 saturated heterocycles. The van der Waals surface area contributed by atoms with Gasteiger partial charge in [0.15, 0.2) is 0 Å². The smallest absolute Gasteiger partial charge is 0.0120 e. The first-order valence-corrected chi connectivity index (χ1v) is 7.68. The Kier molecular flexibility index (Phi) is 4.87. The van der Waals surface area contributed by atoms with Crippen LogP contribution in [0.15, 0.2) is 0 Å². The minimum absolute atomic E-state index is 0.738. The summed E-state index contributed by atoms with van der Waals surface area (Å²) < 4.78 is 0. The summed E-state index contributed by atoms with van der Waals surface area (Å²) in [6.07, 6.45) is 7.07. The predicted molar refractivity (Wildman–Crippen MR) is 74.3 cm³/mol. The molecule has 2 heteroatoms. The molecule has 0 radical (unpaired) electrons. The standard InChI is InChI=1S/C15H30N2/c1-4-14-5-9-17(10-6-14)15-7-11-16(12-8-15)13(2)3/h13-15H,4-12H2,1-3H3. The first-order chi connectivity index (χ1) is 8.20. The second-order valence-electron chi connectivity index (χ2n) is 6.25. The lowest BCUT2D eigenvalue weighted by atomic mass is 9.91. The molecule has 2 nitrogen and oxygen atoms in total. The van der Waals surface area contributed by atoms with E-state index in [1.807, 2.05) is 0 Å². The SMILES string of the molecule is CCC1CCN(C2CCN(C(C)C)CC2)CC1. The molecule has 2 fully saturated rings. The molecule has 0 unspecified atom stereocenters. The van der Waals surface area contributed by atoms with Crippen molar-refractivity contribution >= 4 is 0 Å². The molecule has 0 aliphatic carbocycles. The molecule has 2 aliphatic rings. The fourth-order valence-corrected chi connectivity index (χ4v) is 3.49. The minimum atomic E-state index is 0.738. The molecular formula is C15H30N2. The summed E-state index contributed by atoms with van der Waals surface area (Å²) in [5.74, 6) is 1.02. The van der Waals surface area contributed by atoms with E-state index >= 15 is 0 Å². The number of rotatable bonds is 3. The van der Waals surface area contributed by atoms with Gasteiger partial charge in [0.25, 0.3) is 0 Å². The zero-order valence-corrected chi connectivity index (χ0v) is 12.0. The Labute approximate surface area is 107 Å². The van der Waals surface area contributed by atoms with E-state index in [1.54, 1.807) is 0 Å². The topological polar surface area (TPSA) is 6.48 Å². The van der Waals surface area contributed by atoms with Gasteiger partial charge in [0.2, 0.25) is 0 Å². The Hall–Kier alpha value is -0.0800. The number of likely N-dealkylation sites (tertiary alicyclic amines) is 2. The zero-order chi connectivity index (χ0) is 12.3. The van der Waals surface area contributed by atoms with E-state index in [-0.39, 0.29) is 0 Å². The molecule has 0 bridgehead atoms. The summed E-state index contributed by atoms with van der Waals surface area (Å²) in [5, 5.41) is 0. The molecule has 0 aromatic carbocycles. The average molecular weight is 238 g/mol. The molecular weight excluding hydrogens is 208 g/mol. The normalized spacial score (nSPS) is 26.8. The van der Waals surface area contributed by atoms with Gasteiger partial charge in [-0.2, -0.15) is 0 Å². The van der Waals surface area contributed by atoms with Crippen molar-refractivity contribution in [3.63, 3.8) is 0 Å². The molecule has 100 valence electrons. The summed E-state index contributed by atoms with van der Waals surface area (Å²) in [6.45, 7) is 12.4. The van der Waals surface area contributed by atoms with Gasteiger partial charge >= 0.3 is 0 Å². The lowest BCUT2D eigenvalue weighted by molar-refractivity contribution is 0.0668. The van der Waals surface area contributed by atoms with E-state index in [2.05, 4.69) is 30.6 Å². The highest BCUT2D eigenvalue weighted by Gasteiger charge is 2.28. The Bertz CT molecular complexity index is 211. The molecule has 0 saturated carbocycles. The van der Waals surface area contributed by atoms with Crippen LogP contribution in [0.2, 0.25) is 0 Å². The van der Waals surface area contributed by atoms with Crippen LogP contribution in [-0.2, 0) is 0 Å². The van der Waals surface area contributed by atoms with Gasteiger partial charge in [-0.15, -0.1) is 0 Å². The van der Waals surface area contributed by atoms with Gasteiger partial charge in [-0.25, -0.2) is 0 Å². The van der Waals surface area contributed by atoms with Crippen LogP contribution in [-0.4, -0.2) is 48.1 Å². The highest BCUT2D eigenvalue weighted by atomic mass is 15.2. The maximum absolute atomic E-state index is 2.78. The van der Waals surface area contributed by atoms with Gasteiger partial charge in [-0.3, -0.25) is 0 Å². The zero-order valence-electron chi connectivity index (χ0n) is 12.0. The van der Waals surface area contributed by atoms with Crippen LogP contribution in [0.3, 0.4) is 0 Å². The molecule has 0 amide bonds. The van der Waals surface area contributed by atoms with E-state index in [4.69, 9.17) is 0 Å². The maximum Gasteiger partial charge on any atom is 0.0120 e. The first-order valence-electron chi connectivity index (χ1n) is 7.68. The highest BCUT2D eigenvalue weighted by molar-refractivity contribution is 4.83. The van der Waals surface area contributed by atoms with Crippen LogP contribution in [0.4, 0.5) is 0 Å². The molecule has 2 rings (SSSR count). The Morgan fingerprint density at radius 3 is 2.00 bits per heavy atom. The molecule has 0 spiro atoms. The number of piperidine rings is 2. The second-order valence-corrected chi connectivity index (χ2v) is 6.25. The van der Waals surface area contributed by atoms with Crippen LogP contribution in [0.1, 0.15) is 52.9 Å². The minimum Gasteiger partial charge on any atom is -0.301 e. The average Bonchev–Trinajstić information content (AvgIpc) is 2.39.